The van der Waals surface area contributed by atoms with Gasteiger partial charge in [-0.25, -0.2) is 4.39 Å². The van der Waals surface area contributed by atoms with E-state index in [0.29, 0.717) is 22.5 Å². The molecule has 3 N–H and O–H groups in total. The Morgan fingerprint density at radius 3 is 2.60 bits per heavy atom. The molecule has 0 aliphatic heterocycles. The van der Waals surface area contributed by atoms with Gasteiger partial charge in [0, 0.05) is 17.0 Å². The molecule has 20 heavy (non-hydrogen) atoms. The van der Waals surface area contributed by atoms with Crippen LogP contribution in [0.15, 0.2) is 12.1 Å². The molecule has 1 heterocycles. The first-order valence-electron chi connectivity index (χ1n) is 6.56. The SMILES string of the molecule is NNc1cc(C2CCCC2)nc2cc(Cl)c(F)c(Cl)c12. The number of hydrogen-bond donors (Lipinski definition) is 2. The number of benzene rings is 1. The summed E-state index contributed by atoms with van der Waals surface area (Å²) in [6.07, 6.45) is 4.65. The molecule has 3 rings (SSSR count). The van der Waals surface area contributed by atoms with Crippen LogP contribution in [0.2, 0.25) is 10.0 Å². The van der Waals surface area contributed by atoms with Crippen LogP contribution >= 0.6 is 23.2 Å². The van der Waals surface area contributed by atoms with Gasteiger partial charge in [-0.1, -0.05) is 36.0 Å². The first-order valence-corrected chi connectivity index (χ1v) is 7.32. The Kier molecular flexibility index (Phi) is 3.71. The molecule has 1 aliphatic rings. The molecule has 0 spiro atoms. The molecule has 0 bridgehead atoms. The minimum atomic E-state index is -0.646. The van der Waals surface area contributed by atoms with Crippen molar-refractivity contribution in [2.45, 2.75) is 31.6 Å². The number of rotatable bonds is 2. The van der Waals surface area contributed by atoms with Crippen molar-refractivity contribution in [2.75, 3.05) is 5.43 Å². The van der Waals surface area contributed by atoms with Gasteiger partial charge in [-0.05, 0) is 25.0 Å². The van der Waals surface area contributed by atoms with Crippen LogP contribution in [0.1, 0.15) is 37.3 Å². The van der Waals surface area contributed by atoms with Gasteiger partial charge in [0.25, 0.3) is 0 Å². The second-order valence-corrected chi connectivity index (χ2v) is 5.89. The van der Waals surface area contributed by atoms with Gasteiger partial charge in [0.2, 0.25) is 0 Å². The topological polar surface area (TPSA) is 50.9 Å². The molecule has 3 nitrogen and oxygen atoms in total. The van der Waals surface area contributed by atoms with Crippen LogP contribution in [0.25, 0.3) is 10.9 Å². The maximum Gasteiger partial charge on any atom is 0.161 e. The number of nitrogens with zero attached hydrogens (tertiary/aromatic N) is 1. The van der Waals surface area contributed by atoms with Gasteiger partial charge in [-0.15, -0.1) is 0 Å². The molecule has 106 valence electrons. The van der Waals surface area contributed by atoms with Crippen molar-refractivity contribution in [1.29, 1.82) is 0 Å². The smallest absolute Gasteiger partial charge is 0.161 e. The molecule has 1 aromatic carbocycles. The van der Waals surface area contributed by atoms with Crippen molar-refractivity contribution in [1.82, 2.24) is 4.98 Å². The Morgan fingerprint density at radius 1 is 1.25 bits per heavy atom. The average Bonchev–Trinajstić information content (AvgIpc) is 2.97. The molecule has 0 atom stereocenters. The third-order valence-corrected chi connectivity index (χ3v) is 4.51. The Bertz CT molecular complexity index is 669. The minimum absolute atomic E-state index is 0.0263. The summed E-state index contributed by atoms with van der Waals surface area (Å²) in [5.74, 6) is 5.33. The minimum Gasteiger partial charge on any atom is -0.323 e. The van der Waals surface area contributed by atoms with Crippen molar-refractivity contribution >= 4 is 39.8 Å². The Balaban J connectivity index is 2.25. The average molecular weight is 314 g/mol. The molecule has 1 aliphatic carbocycles. The third-order valence-electron chi connectivity index (χ3n) is 3.88. The number of aromatic nitrogens is 1. The number of nitrogens with one attached hydrogen (secondary N) is 1. The molecule has 1 saturated carbocycles. The molecule has 6 heteroatoms. The van der Waals surface area contributed by atoms with E-state index >= 15 is 0 Å². The monoisotopic (exact) mass is 313 g/mol. The molecule has 0 unspecified atom stereocenters. The van der Waals surface area contributed by atoms with E-state index in [4.69, 9.17) is 29.0 Å². The number of pyridine rings is 1. The van der Waals surface area contributed by atoms with Crippen LogP contribution in [0.4, 0.5) is 10.1 Å². The van der Waals surface area contributed by atoms with Crippen LogP contribution in [-0.4, -0.2) is 4.98 Å². The predicted molar refractivity (Wildman–Crippen MR) is 80.7 cm³/mol. The van der Waals surface area contributed by atoms with Crippen molar-refractivity contribution in [2.24, 2.45) is 5.84 Å². The van der Waals surface area contributed by atoms with E-state index in [9.17, 15) is 4.39 Å². The number of nitrogen functional groups attached to an aromatic ring is 1. The fourth-order valence-corrected chi connectivity index (χ4v) is 3.41. The van der Waals surface area contributed by atoms with E-state index in [-0.39, 0.29) is 10.0 Å². The van der Waals surface area contributed by atoms with Gasteiger partial charge in [-0.3, -0.25) is 10.8 Å². The van der Waals surface area contributed by atoms with Crippen molar-refractivity contribution < 1.29 is 4.39 Å². The highest BCUT2D eigenvalue weighted by Gasteiger charge is 2.22. The van der Waals surface area contributed by atoms with Gasteiger partial charge < -0.3 is 5.43 Å². The molecule has 0 saturated heterocycles. The normalized spacial score (nSPS) is 16.0. The maximum atomic E-state index is 13.8. The van der Waals surface area contributed by atoms with Gasteiger partial charge in [-0.2, -0.15) is 0 Å². The molecule has 1 aromatic heterocycles. The lowest BCUT2D eigenvalue weighted by molar-refractivity contribution is 0.630. The maximum absolute atomic E-state index is 13.8. The second kappa shape index (κ2) is 5.35. The van der Waals surface area contributed by atoms with E-state index in [0.717, 1.165) is 18.5 Å². The summed E-state index contributed by atoms with van der Waals surface area (Å²) in [4.78, 5) is 4.60. The fourth-order valence-electron chi connectivity index (χ4n) is 2.86. The van der Waals surface area contributed by atoms with Crippen molar-refractivity contribution in [3.63, 3.8) is 0 Å². The lowest BCUT2D eigenvalue weighted by Gasteiger charge is -2.14. The highest BCUT2D eigenvalue weighted by molar-refractivity contribution is 6.39. The Labute approximate surface area is 126 Å². The lowest BCUT2D eigenvalue weighted by atomic mass is 10.0. The number of hydrazine groups is 1. The van der Waals surface area contributed by atoms with Crippen LogP contribution in [0, 0.1) is 5.82 Å². The molecule has 2 aromatic rings. The van der Waals surface area contributed by atoms with E-state index in [1.54, 1.807) is 0 Å². The van der Waals surface area contributed by atoms with E-state index in [1.807, 2.05) is 6.07 Å². The van der Waals surface area contributed by atoms with E-state index < -0.39 is 5.82 Å². The molecule has 1 fully saturated rings. The van der Waals surface area contributed by atoms with Crippen LogP contribution < -0.4 is 11.3 Å². The summed E-state index contributed by atoms with van der Waals surface area (Å²) < 4.78 is 13.8. The van der Waals surface area contributed by atoms with E-state index in [2.05, 4.69) is 10.4 Å². The predicted octanol–water partition coefficient (Wildman–Crippen LogP) is 4.62. The van der Waals surface area contributed by atoms with Gasteiger partial charge in [0.15, 0.2) is 5.82 Å². The quantitative estimate of drug-likeness (QED) is 0.483. The summed E-state index contributed by atoms with van der Waals surface area (Å²) >= 11 is 11.9. The van der Waals surface area contributed by atoms with Gasteiger partial charge >= 0.3 is 0 Å². The summed E-state index contributed by atoms with van der Waals surface area (Å²) in [6.45, 7) is 0. The van der Waals surface area contributed by atoms with Gasteiger partial charge in [0.05, 0.1) is 21.2 Å². The van der Waals surface area contributed by atoms with Crippen molar-refractivity contribution in [3.8, 4) is 0 Å². The molecule has 0 amide bonds. The standard InChI is InChI=1S/C14H14Cl2FN3/c15-8-5-10-12(13(16)14(8)17)11(20-18)6-9(19-10)7-3-1-2-4-7/h5-7H,1-4,18H2,(H,19,20). The number of anilines is 1. The van der Waals surface area contributed by atoms with Gasteiger partial charge in [0.1, 0.15) is 0 Å². The zero-order valence-electron chi connectivity index (χ0n) is 10.7. The number of halogens is 3. The fraction of sp³-hybridized carbons (Fsp3) is 0.357. The number of nitrogens with two attached hydrogens (primary N) is 1. The number of fused-ring (bicyclic) bond motifs is 1. The second-order valence-electron chi connectivity index (χ2n) is 5.10. The first-order chi connectivity index (χ1) is 9.61. The Morgan fingerprint density at radius 2 is 1.95 bits per heavy atom. The summed E-state index contributed by atoms with van der Waals surface area (Å²) in [7, 11) is 0. The molecular weight excluding hydrogens is 300 g/mol. The zero-order chi connectivity index (χ0) is 14.3. The first kappa shape index (κ1) is 13.9. The largest absolute Gasteiger partial charge is 0.323 e. The van der Waals surface area contributed by atoms with Crippen LogP contribution in [-0.2, 0) is 0 Å². The zero-order valence-corrected chi connectivity index (χ0v) is 12.2. The summed E-state index contributed by atoms with van der Waals surface area (Å²) in [6, 6.07) is 3.36. The Hall–Kier alpha value is -1.10. The molecule has 0 radical (unpaired) electrons. The summed E-state index contributed by atoms with van der Waals surface area (Å²) in [5, 5.41) is 0.394. The number of hydrogen-bond acceptors (Lipinski definition) is 3. The third kappa shape index (κ3) is 2.22. The van der Waals surface area contributed by atoms with Crippen LogP contribution in [0.5, 0.6) is 0 Å². The molecular formula is C14H14Cl2FN3. The highest BCUT2D eigenvalue weighted by atomic mass is 35.5. The van der Waals surface area contributed by atoms with Crippen LogP contribution in [0.3, 0.4) is 0 Å². The summed E-state index contributed by atoms with van der Waals surface area (Å²) in [5.41, 5.74) is 4.70. The van der Waals surface area contributed by atoms with E-state index in [1.165, 1.54) is 18.9 Å². The lowest BCUT2D eigenvalue weighted by Crippen LogP contribution is -2.10. The highest BCUT2D eigenvalue weighted by Crippen LogP contribution is 2.39. The van der Waals surface area contributed by atoms with Crippen molar-refractivity contribution in [3.05, 3.63) is 33.7 Å².